The first-order chi connectivity index (χ1) is 11.2. The van der Waals surface area contributed by atoms with Crippen molar-refractivity contribution in [2.75, 3.05) is 21.3 Å². The molecule has 0 spiro atoms. The van der Waals surface area contributed by atoms with Gasteiger partial charge in [0.15, 0.2) is 16.9 Å². The molecule has 0 aliphatic heterocycles. The molecule has 3 aromatic rings. The monoisotopic (exact) mass is 312 g/mol. The minimum atomic E-state index is -0.112. The van der Waals surface area contributed by atoms with Gasteiger partial charge in [0.25, 0.3) is 0 Å². The van der Waals surface area contributed by atoms with Crippen molar-refractivity contribution in [1.82, 2.24) is 0 Å². The highest BCUT2D eigenvalue weighted by Gasteiger charge is 2.19. The number of rotatable bonds is 4. The molecule has 2 aromatic carbocycles. The van der Waals surface area contributed by atoms with Crippen LogP contribution in [-0.2, 0) is 0 Å². The van der Waals surface area contributed by atoms with Gasteiger partial charge < -0.3 is 18.6 Å². The molecule has 0 atom stereocenters. The van der Waals surface area contributed by atoms with Crippen molar-refractivity contribution in [2.45, 2.75) is 0 Å². The summed E-state index contributed by atoms with van der Waals surface area (Å²) >= 11 is 0. The lowest BCUT2D eigenvalue weighted by Gasteiger charge is -2.15. The summed E-state index contributed by atoms with van der Waals surface area (Å²) in [5.74, 6) is 1.84. The van der Waals surface area contributed by atoms with E-state index in [-0.39, 0.29) is 5.43 Å². The van der Waals surface area contributed by atoms with Gasteiger partial charge in [-0.1, -0.05) is 12.1 Å². The van der Waals surface area contributed by atoms with Crippen molar-refractivity contribution in [2.24, 2.45) is 0 Å². The first-order valence-electron chi connectivity index (χ1n) is 7.01. The Hall–Kier alpha value is -2.95. The van der Waals surface area contributed by atoms with Crippen LogP contribution in [0.5, 0.6) is 17.2 Å². The molecule has 5 heteroatoms. The Labute approximate surface area is 133 Å². The van der Waals surface area contributed by atoms with Gasteiger partial charge in [-0.15, -0.1) is 0 Å². The summed E-state index contributed by atoms with van der Waals surface area (Å²) in [5.41, 5.74) is 1.03. The predicted octanol–water partition coefficient (Wildman–Crippen LogP) is 3.49. The summed E-state index contributed by atoms with van der Waals surface area (Å²) < 4.78 is 22.0. The lowest BCUT2D eigenvalue weighted by atomic mass is 10.1. The molecule has 0 saturated heterocycles. The molecule has 0 N–H and O–H groups in total. The number of para-hydroxylation sites is 1. The molecule has 0 aliphatic carbocycles. The summed E-state index contributed by atoms with van der Waals surface area (Å²) in [6.45, 7) is 0. The third kappa shape index (κ3) is 2.50. The molecule has 0 radical (unpaired) electrons. The van der Waals surface area contributed by atoms with Crippen LogP contribution in [0.3, 0.4) is 0 Å². The SMILES string of the molecule is COc1ccc(-c2cc(=O)c3ccccc3o2)c(OC)c1OC. The van der Waals surface area contributed by atoms with E-state index < -0.39 is 0 Å². The second-order valence-electron chi connectivity index (χ2n) is 4.85. The molecule has 1 aromatic heterocycles. The molecule has 118 valence electrons. The average molecular weight is 312 g/mol. The number of methoxy groups -OCH3 is 3. The van der Waals surface area contributed by atoms with Crippen LogP contribution in [0.2, 0.25) is 0 Å². The molecule has 0 amide bonds. The fourth-order valence-electron chi connectivity index (χ4n) is 2.53. The number of fused-ring (bicyclic) bond motifs is 1. The molecular weight excluding hydrogens is 296 g/mol. The van der Waals surface area contributed by atoms with Gasteiger partial charge in [0.05, 0.1) is 32.3 Å². The summed E-state index contributed by atoms with van der Waals surface area (Å²) in [6.07, 6.45) is 0. The third-order valence-corrected chi connectivity index (χ3v) is 3.60. The maximum absolute atomic E-state index is 12.3. The van der Waals surface area contributed by atoms with E-state index in [2.05, 4.69) is 0 Å². The van der Waals surface area contributed by atoms with Gasteiger partial charge in [0, 0.05) is 6.07 Å². The summed E-state index contributed by atoms with van der Waals surface area (Å²) in [6, 6.07) is 12.1. The summed E-state index contributed by atoms with van der Waals surface area (Å²) in [7, 11) is 4.60. The topological polar surface area (TPSA) is 57.9 Å². The number of hydrogen-bond acceptors (Lipinski definition) is 5. The van der Waals surface area contributed by atoms with E-state index >= 15 is 0 Å². The van der Waals surface area contributed by atoms with Gasteiger partial charge in [-0.05, 0) is 24.3 Å². The van der Waals surface area contributed by atoms with Gasteiger partial charge in [0.2, 0.25) is 5.75 Å². The highest BCUT2D eigenvalue weighted by Crippen LogP contribution is 2.44. The molecule has 3 rings (SSSR count). The van der Waals surface area contributed by atoms with Crippen molar-refractivity contribution in [1.29, 1.82) is 0 Å². The quantitative estimate of drug-likeness (QED) is 0.738. The van der Waals surface area contributed by atoms with E-state index in [1.165, 1.54) is 20.3 Å². The van der Waals surface area contributed by atoms with Crippen molar-refractivity contribution in [3.63, 3.8) is 0 Å². The van der Waals surface area contributed by atoms with Crippen LogP contribution in [0.4, 0.5) is 0 Å². The standard InChI is InChI=1S/C18H16O5/c1-20-15-9-8-12(17(21-2)18(15)22-3)16-10-13(19)11-6-4-5-7-14(11)23-16/h4-10H,1-3H3. The fraction of sp³-hybridized carbons (Fsp3) is 0.167. The molecule has 0 aliphatic rings. The van der Waals surface area contributed by atoms with Gasteiger partial charge in [0.1, 0.15) is 11.3 Å². The molecular formula is C18H16O5. The number of hydrogen-bond donors (Lipinski definition) is 0. The van der Waals surface area contributed by atoms with Crippen LogP contribution >= 0.6 is 0 Å². The Balaban J connectivity index is 2.28. The maximum Gasteiger partial charge on any atom is 0.204 e. The summed E-state index contributed by atoms with van der Waals surface area (Å²) in [5, 5.41) is 0.538. The molecule has 0 fully saturated rings. The van der Waals surface area contributed by atoms with E-state index in [1.54, 1.807) is 37.4 Å². The smallest absolute Gasteiger partial charge is 0.204 e. The molecule has 23 heavy (non-hydrogen) atoms. The van der Waals surface area contributed by atoms with Crippen molar-refractivity contribution < 1.29 is 18.6 Å². The zero-order valence-electron chi connectivity index (χ0n) is 13.1. The van der Waals surface area contributed by atoms with E-state index in [9.17, 15) is 4.79 Å². The average Bonchev–Trinajstić information content (AvgIpc) is 2.60. The minimum Gasteiger partial charge on any atom is -0.493 e. The molecule has 1 heterocycles. The van der Waals surface area contributed by atoms with E-state index in [0.717, 1.165) is 0 Å². The third-order valence-electron chi connectivity index (χ3n) is 3.60. The highest BCUT2D eigenvalue weighted by atomic mass is 16.5. The number of benzene rings is 2. The summed E-state index contributed by atoms with van der Waals surface area (Å²) in [4.78, 5) is 12.3. The van der Waals surface area contributed by atoms with Crippen LogP contribution in [-0.4, -0.2) is 21.3 Å². The first-order valence-corrected chi connectivity index (χ1v) is 7.01. The van der Waals surface area contributed by atoms with E-state index in [1.807, 2.05) is 6.07 Å². The van der Waals surface area contributed by atoms with Crippen LogP contribution in [0, 0.1) is 0 Å². The Bertz CT molecular complexity index is 911. The van der Waals surface area contributed by atoms with Crippen molar-refractivity contribution in [3.05, 3.63) is 52.7 Å². The van der Waals surface area contributed by atoms with Crippen LogP contribution in [0.1, 0.15) is 0 Å². The molecule has 0 saturated carbocycles. The van der Waals surface area contributed by atoms with Gasteiger partial charge in [-0.25, -0.2) is 0 Å². The van der Waals surface area contributed by atoms with Crippen molar-refractivity contribution in [3.8, 4) is 28.6 Å². The van der Waals surface area contributed by atoms with E-state index in [0.29, 0.717) is 39.5 Å². The number of ether oxygens (including phenoxy) is 3. The van der Waals surface area contributed by atoms with Crippen LogP contribution in [0.25, 0.3) is 22.3 Å². The second-order valence-corrected chi connectivity index (χ2v) is 4.85. The Morgan fingerprint density at radius 2 is 1.61 bits per heavy atom. The van der Waals surface area contributed by atoms with Crippen LogP contribution < -0.4 is 19.6 Å². The van der Waals surface area contributed by atoms with E-state index in [4.69, 9.17) is 18.6 Å². The first kappa shape index (κ1) is 15.0. The zero-order valence-corrected chi connectivity index (χ0v) is 13.1. The zero-order chi connectivity index (χ0) is 16.4. The Morgan fingerprint density at radius 3 is 2.30 bits per heavy atom. The lowest BCUT2D eigenvalue weighted by Crippen LogP contribution is -2.01. The second kappa shape index (κ2) is 6.04. The van der Waals surface area contributed by atoms with Gasteiger partial charge >= 0.3 is 0 Å². The lowest BCUT2D eigenvalue weighted by molar-refractivity contribution is 0.325. The predicted molar refractivity (Wildman–Crippen MR) is 87.6 cm³/mol. The molecule has 0 unspecified atom stereocenters. The highest BCUT2D eigenvalue weighted by molar-refractivity contribution is 5.80. The fourth-order valence-corrected chi connectivity index (χ4v) is 2.53. The largest absolute Gasteiger partial charge is 0.493 e. The van der Waals surface area contributed by atoms with Gasteiger partial charge in [-0.2, -0.15) is 0 Å². The Morgan fingerprint density at radius 1 is 0.870 bits per heavy atom. The van der Waals surface area contributed by atoms with Crippen molar-refractivity contribution >= 4 is 11.0 Å². The molecule has 0 bridgehead atoms. The maximum atomic E-state index is 12.3. The molecule has 5 nitrogen and oxygen atoms in total. The minimum absolute atomic E-state index is 0.112. The Kier molecular flexibility index (Phi) is 3.93. The normalized spacial score (nSPS) is 10.6. The van der Waals surface area contributed by atoms with Gasteiger partial charge in [-0.3, -0.25) is 4.79 Å². The van der Waals surface area contributed by atoms with Crippen LogP contribution in [0.15, 0.2) is 51.7 Å².